The lowest BCUT2D eigenvalue weighted by molar-refractivity contribution is -0.114. The van der Waals surface area contributed by atoms with Gasteiger partial charge < -0.3 is 15.6 Å². The van der Waals surface area contributed by atoms with Gasteiger partial charge >= 0.3 is 0 Å². The third kappa shape index (κ3) is 4.07. The second kappa shape index (κ2) is 8.01. The van der Waals surface area contributed by atoms with E-state index in [2.05, 4.69) is 22.2 Å². The van der Waals surface area contributed by atoms with Gasteiger partial charge in [0.05, 0.1) is 10.9 Å². The first kappa shape index (κ1) is 19.2. The normalized spacial score (nSPS) is 10.5. The molecule has 0 bridgehead atoms. The number of allylic oxidation sites excluding steroid dienone is 1. The second-order valence-electron chi connectivity index (χ2n) is 6.11. The molecule has 3 aromatic rings. The summed E-state index contributed by atoms with van der Waals surface area (Å²) in [7, 11) is 0. The summed E-state index contributed by atoms with van der Waals surface area (Å²) in [4.78, 5) is 39.3. The number of amides is 2. The molecule has 0 radical (unpaired) electrons. The molecule has 8 heteroatoms. The Hall–Kier alpha value is -3.52. The number of nitrogens with one attached hydrogen (secondary N) is 3. The molecule has 1 aromatic heterocycles. The van der Waals surface area contributed by atoms with Crippen molar-refractivity contribution in [3.8, 4) is 0 Å². The third-order valence-electron chi connectivity index (χ3n) is 4.00. The van der Waals surface area contributed by atoms with Crippen molar-refractivity contribution in [2.45, 2.75) is 13.5 Å². The van der Waals surface area contributed by atoms with Gasteiger partial charge in [-0.25, -0.2) is 0 Å². The van der Waals surface area contributed by atoms with Crippen LogP contribution in [0.15, 0.2) is 59.9 Å². The van der Waals surface area contributed by atoms with Crippen LogP contribution >= 0.6 is 12.2 Å². The van der Waals surface area contributed by atoms with Gasteiger partial charge in [-0.2, -0.15) is 0 Å². The molecule has 28 heavy (non-hydrogen) atoms. The lowest BCUT2D eigenvalue weighted by Gasteiger charge is -2.09. The minimum atomic E-state index is -0.350. The van der Waals surface area contributed by atoms with E-state index in [1.54, 1.807) is 48.5 Å². The molecule has 0 spiro atoms. The van der Waals surface area contributed by atoms with Crippen LogP contribution in [0.1, 0.15) is 17.3 Å². The fourth-order valence-electron chi connectivity index (χ4n) is 2.77. The van der Waals surface area contributed by atoms with E-state index in [0.29, 0.717) is 34.4 Å². The van der Waals surface area contributed by atoms with Crippen LogP contribution in [0.25, 0.3) is 10.9 Å². The molecule has 3 N–H and O–H groups in total. The number of nitrogens with zero attached hydrogens (tertiary/aromatic N) is 1. The van der Waals surface area contributed by atoms with Crippen molar-refractivity contribution < 1.29 is 9.59 Å². The summed E-state index contributed by atoms with van der Waals surface area (Å²) in [6, 6.07) is 11.6. The first-order valence-corrected chi connectivity index (χ1v) is 8.86. The minimum absolute atomic E-state index is 0.199. The van der Waals surface area contributed by atoms with Crippen molar-refractivity contribution in [2.75, 3.05) is 10.6 Å². The van der Waals surface area contributed by atoms with E-state index in [1.165, 1.54) is 11.5 Å². The average Bonchev–Trinajstić information content (AvgIpc) is 2.64. The monoisotopic (exact) mass is 394 g/mol. The Bertz CT molecular complexity index is 1210. The summed E-state index contributed by atoms with van der Waals surface area (Å²) in [5.74, 6) is -0.549. The number of carbonyl (C=O) groups excluding carboxylic acids is 2. The maximum Gasteiger partial charge on any atom is 0.262 e. The summed E-state index contributed by atoms with van der Waals surface area (Å²) in [6.07, 6.45) is 1.59. The van der Waals surface area contributed by atoms with E-state index in [-0.39, 0.29) is 22.1 Å². The zero-order chi connectivity index (χ0) is 20.3. The molecule has 0 atom stereocenters. The summed E-state index contributed by atoms with van der Waals surface area (Å²) in [6.45, 7) is 5.33. The van der Waals surface area contributed by atoms with Gasteiger partial charge in [0.25, 0.3) is 11.5 Å². The number of aromatic amines is 1. The van der Waals surface area contributed by atoms with Crippen LogP contribution in [0.3, 0.4) is 0 Å². The van der Waals surface area contributed by atoms with Crippen LogP contribution in [-0.4, -0.2) is 21.4 Å². The number of rotatable bonds is 5. The Balaban J connectivity index is 1.91. The maximum atomic E-state index is 12.6. The van der Waals surface area contributed by atoms with Crippen molar-refractivity contribution in [1.82, 2.24) is 9.55 Å². The first-order chi connectivity index (χ1) is 13.4. The van der Waals surface area contributed by atoms with Crippen LogP contribution < -0.4 is 16.2 Å². The number of benzene rings is 2. The zero-order valence-electron chi connectivity index (χ0n) is 15.1. The van der Waals surface area contributed by atoms with Gasteiger partial charge in [0.2, 0.25) is 5.91 Å². The molecule has 142 valence electrons. The number of anilines is 2. The molecular formula is C20H18N4O3S. The van der Waals surface area contributed by atoms with Gasteiger partial charge in [0.1, 0.15) is 0 Å². The largest absolute Gasteiger partial charge is 0.332 e. The Morgan fingerprint density at radius 3 is 2.57 bits per heavy atom. The summed E-state index contributed by atoms with van der Waals surface area (Å²) >= 11 is 5.22. The molecule has 7 nitrogen and oxygen atoms in total. The van der Waals surface area contributed by atoms with E-state index >= 15 is 0 Å². The van der Waals surface area contributed by atoms with Crippen molar-refractivity contribution in [2.24, 2.45) is 0 Å². The number of H-pyrrole nitrogens is 1. The van der Waals surface area contributed by atoms with Crippen LogP contribution in [0, 0.1) is 4.77 Å². The summed E-state index contributed by atoms with van der Waals surface area (Å²) < 4.78 is 1.66. The smallest absolute Gasteiger partial charge is 0.262 e. The van der Waals surface area contributed by atoms with Crippen LogP contribution in [0.4, 0.5) is 11.4 Å². The second-order valence-corrected chi connectivity index (χ2v) is 6.50. The standard InChI is InChI=1S/C20H18N4O3S/c1-3-9-24-19(27)16-8-7-13(10-17(16)23-20(24)28)18(26)22-15-6-4-5-14(11-15)21-12(2)25/h3-8,10-11H,1,9H2,2H3,(H,21,25)(H,22,26)(H,23,28). The zero-order valence-corrected chi connectivity index (χ0v) is 15.9. The molecule has 0 aliphatic heterocycles. The van der Waals surface area contributed by atoms with Gasteiger partial charge in [-0.15, -0.1) is 6.58 Å². The number of aromatic nitrogens is 2. The average molecular weight is 394 g/mol. The molecule has 2 amide bonds. The van der Waals surface area contributed by atoms with E-state index in [9.17, 15) is 14.4 Å². The van der Waals surface area contributed by atoms with Gasteiger partial charge in [-0.05, 0) is 48.6 Å². The van der Waals surface area contributed by atoms with Crippen LogP contribution in [-0.2, 0) is 11.3 Å². The van der Waals surface area contributed by atoms with Crippen LogP contribution in [0.2, 0.25) is 0 Å². The van der Waals surface area contributed by atoms with Gasteiger partial charge in [0.15, 0.2) is 4.77 Å². The molecule has 1 heterocycles. The first-order valence-electron chi connectivity index (χ1n) is 8.46. The molecule has 3 rings (SSSR count). The van der Waals surface area contributed by atoms with Gasteiger partial charge in [-0.1, -0.05) is 12.1 Å². The topological polar surface area (TPSA) is 96.0 Å². The van der Waals surface area contributed by atoms with E-state index in [1.807, 2.05) is 0 Å². The molecule has 0 aliphatic rings. The van der Waals surface area contributed by atoms with Crippen molar-refractivity contribution in [3.05, 3.63) is 75.8 Å². The van der Waals surface area contributed by atoms with Crippen LogP contribution in [0.5, 0.6) is 0 Å². The maximum absolute atomic E-state index is 12.6. The predicted molar refractivity (Wildman–Crippen MR) is 112 cm³/mol. The third-order valence-corrected chi connectivity index (χ3v) is 4.32. The SMILES string of the molecule is C=CCn1c(=S)[nH]c2cc(C(=O)Nc3cccc(NC(C)=O)c3)ccc2c1=O. The Morgan fingerprint density at radius 1 is 1.18 bits per heavy atom. The highest BCUT2D eigenvalue weighted by Crippen LogP contribution is 2.17. The van der Waals surface area contributed by atoms with E-state index in [0.717, 1.165) is 0 Å². The molecule has 0 fully saturated rings. The van der Waals surface area contributed by atoms with Gasteiger partial charge in [0, 0.05) is 30.4 Å². The highest BCUT2D eigenvalue weighted by Gasteiger charge is 2.11. The highest BCUT2D eigenvalue weighted by molar-refractivity contribution is 7.71. The lowest BCUT2D eigenvalue weighted by Crippen LogP contribution is -2.22. The minimum Gasteiger partial charge on any atom is -0.332 e. The number of hydrogen-bond acceptors (Lipinski definition) is 4. The van der Waals surface area contributed by atoms with E-state index in [4.69, 9.17) is 12.2 Å². The molecule has 0 saturated carbocycles. The fourth-order valence-corrected chi connectivity index (χ4v) is 3.04. The molecule has 0 saturated heterocycles. The Morgan fingerprint density at radius 2 is 1.89 bits per heavy atom. The molecule has 0 unspecified atom stereocenters. The summed E-state index contributed by atoms with van der Waals surface area (Å²) in [5, 5.41) is 5.86. The molecule has 0 aliphatic carbocycles. The van der Waals surface area contributed by atoms with Crippen molar-refractivity contribution in [1.29, 1.82) is 0 Å². The van der Waals surface area contributed by atoms with Crippen molar-refractivity contribution >= 4 is 46.3 Å². The van der Waals surface area contributed by atoms with Crippen molar-refractivity contribution in [3.63, 3.8) is 0 Å². The van der Waals surface area contributed by atoms with Gasteiger partial charge in [-0.3, -0.25) is 19.0 Å². The Labute approximate surface area is 165 Å². The quantitative estimate of drug-likeness (QED) is 0.456. The molecular weight excluding hydrogens is 376 g/mol. The predicted octanol–water partition coefficient (Wildman–Crippen LogP) is 3.46. The number of hydrogen-bond donors (Lipinski definition) is 3. The van der Waals surface area contributed by atoms with E-state index < -0.39 is 0 Å². The highest BCUT2D eigenvalue weighted by atomic mass is 32.1. The lowest BCUT2D eigenvalue weighted by atomic mass is 10.1. The number of carbonyl (C=O) groups is 2. The summed E-state index contributed by atoms with van der Waals surface area (Å²) in [5.41, 5.74) is 1.72. The number of fused-ring (bicyclic) bond motifs is 1. The fraction of sp³-hybridized carbons (Fsp3) is 0.100. The molecule has 2 aromatic carbocycles. The Kier molecular flexibility index (Phi) is 5.51.